The number of hydrogen-bond acceptors (Lipinski definition) is 2. The molecule has 0 heterocycles. The van der Waals surface area contributed by atoms with E-state index in [0.717, 1.165) is 12.0 Å². The molecule has 0 aliphatic rings. The topological polar surface area (TPSA) is 40.5 Å². The van der Waals surface area contributed by atoms with Gasteiger partial charge in [0, 0.05) is 5.56 Å². The summed E-state index contributed by atoms with van der Waals surface area (Å²) in [5.41, 5.74) is 1.41. The fourth-order valence-corrected chi connectivity index (χ4v) is 2.60. The fraction of sp³-hybridized carbons (Fsp3) is 0.455. The van der Waals surface area contributed by atoms with Crippen molar-refractivity contribution >= 4 is 6.08 Å². The van der Waals surface area contributed by atoms with E-state index in [2.05, 4.69) is 19.1 Å². The molecule has 0 fully saturated rings. The molecule has 132 valence electrons. The van der Waals surface area contributed by atoms with Crippen molar-refractivity contribution in [3.05, 3.63) is 59.7 Å². The summed E-state index contributed by atoms with van der Waals surface area (Å²) in [5.74, 6) is 0.137. The van der Waals surface area contributed by atoms with Crippen LogP contribution in [-0.2, 0) is 6.61 Å². The molecule has 1 aromatic carbocycles. The maximum Gasteiger partial charge on any atom is 0.121 e. The molecule has 0 aliphatic heterocycles. The Bertz CT molecular complexity index is 527. The van der Waals surface area contributed by atoms with Gasteiger partial charge in [-0.25, -0.2) is 0 Å². The third-order valence-electron chi connectivity index (χ3n) is 4.07. The molecule has 2 nitrogen and oxygen atoms in total. The fourth-order valence-electron chi connectivity index (χ4n) is 2.60. The SMILES string of the molecule is CCCCCCCCCC=CC=CC=Cc1cccc(O)c1CO. The summed E-state index contributed by atoms with van der Waals surface area (Å²) < 4.78 is 0. The number of rotatable bonds is 12. The Labute approximate surface area is 147 Å². The molecule has 24 heavy (non-hydrogen) atoms. The molecule has 0 aromatic heterocycles. The lowest BCUT2D eigenvalue weighted by atomic mass is 10.1. The summed E-state index contributed by atoms with van der Waals surface area (Å²) >= 11 is 0. The van der Waals surface area contributed by atoms with Gasteiger partial charge < -0.3 is 10.2 Å². The van der Waals surface area contributed by atoms with Crippen LogP contribution in [0.2, 0.25) is 0 Å². The summed E-state index contributed by atoms with van der Waals surface area (Å²) in [4.78, 5) is 0. The molecule has 0 saturated heterocycles. The minimum atomic E-state index is -0.158. The Morgan fingerprint density at radius 2 is 1.58 bits per heavy atom. The van der Waals surface area contributed by atoms with Gasteiger partial charge in [0.2, 0.25) is 0 Å². The van der Waals surface area contributed by atoms with E-state index in [9.17, 15) is 10.2 Å². The molecule has 0 radical (unpaired) electrons. The average Bonchev–Trinajstić information content (AvgIpc) is 2.59. The van der Waals surface area contributed by atoms with E-state index in [4.69, 9.17) is 0 Å². The van der Waals surface area contributed by atoms with E-state index in [-0.39, 0.29) is 12.4 Å². The molecular formula is C22H32O2. The standard InChI is InChI=1S/C22H32O2/c1-2-3-4-5-6-7-8-9-10-11-12-13-14-16-20-17-15-18-22(24)21(20)19-23/h10-18,23-24H,2-9,19H2,1H3. The van der Waals surface area contributed by atoms with Crippen molar-refractivity contribution in [2.75, 3.05) is 0 Å². The van der Waals surface area contributed by atoms with Crippen molar-refractivity contribution < 1.29 is 10.2 Å². The minimum absolute atomic E-state index is 0.137. The number of aliphatic hydroxyl groups is 1. The third kappa shape index (κ3) is 8.73. The van der Waals surface area contributed by atoms with Crippen LogP contribution in [0.25, 0.3) is 6.08 Å². The van der Waals surface area contributed by atoms with Crippen molar-refractivity contribution in [1.82, 2.24) is 0 Å². The van der Waals surface area contributed by atoms with Gasteiger partial charge in [-0.2, -0.15) is 0 Å². The second-order valence-electron chi connectivity index (χ2n) is 6.09. The lowest BCUT2D eigenvalue weighted by Gasteiger charge is -2.04. The van der Waals surface area contributed by atoms with Gasteiger partial charge in [-0.05, 0) is 24.5 Å². The first-order chi connectivity index (χ1) is 11.8. The zero-order valence-corrected chi connectivity index (χ0v) is 15.0. The zero-order valence-electron chi connectivity index (χ0n) is 15.0. The Morgan fingerprint density at radius 1 is 0.875 bits per heavy atom. The second kappa shape index (κ2) is 13.6. The number of hydrogen-bond donors (Lipinski definition) is 2. The van der Waals surface area contributed by atoms with Crippen LogP contribution in [0.5, 0.6) is 5.75 Å². The number of aliphatic hydroxyl groups excluding tert-OH is 1. The molecule has 0 saturated carbocycles. The highest BCUT2D eigenvalue weighted by atomic mass is 16.3. The van der Waals surface area contributed by atoms with Gasteiger partial charge >= 0.3 is 0 Å². The van der Waals surface area contributed by atoms with Crippen molar-refractivity contribution in [2.24, 2.45) is 0 Å². The largest absolute Gasteiger partial charge is 0.508 e. The minimum Gasteiger partial charge on any atom is -0.508 e. The number of phenols is 1. The molecule has 0 amide bonds. The van der Waals surface area contributed by atoms with Gasteiger partial charge in [0.25, 0.3) is 0 Å². The molecular weight excluding hydrogens is 296 g/mol. The van der Waals surface area contributed by atoms with E-state index in [1.807, 2.05) is 30.4 Å². The maximum atomic E-state index is 9.67. The Hall–Kier alpha value is -1.80. The lowest BCUT2D eigenvalue weighted by molar-refractivity contribution is 0.275. The van der Waals surface area contributed by atoms with Crippen molar-refractivity contribution in [1.29, 1.82) is 0 Å². The summed E-state index contributed by atoms with van der Waals surface area (Å²) in [5, 5.41) is 19.0. The highest BCUT2D eigenvalue weighted by molar-refractivity contribution is 5.58. The summed E-state index contributed by atoms with van der Waals surface area (Å²) in [6.45, 7) is 2.09. The first-order valence-corrected chi connectivity index (χ1v) is 9.21. The van der Waals surface area contributed by atoms with Crippen LogP contribution in [0.1, 0.15) is 69.4 Å². The summed E-state index contributed by atoms with van der Waals surface area (Å²) in [7, 11) is 0. The van der Waals surface area contributed by atoms with Gasteiger partial charge in [-0.1, -0.05) is 94.0 Å². The molecule has 1 rings (SSSR count). The smallest absolute Gasteiger partial charge is 0.121 e. The number of allylic oxidation sites excluding steroid dienone is 5. The number of aromatic hydroxyl groups is 1. The van der Waals surface area contributed by atoms with Crippen LogP contribution in [0.3, 0.4) is 0 Å². The highest BCUT2D eigenvalue weighted by Gasteiger charge is 2.02. The summed E-state index contributed by atoms with van der Waals surface area (Å²) in [6.07, 6.45) is 22.7. The van der Waals surface area contributed by atoms with Crippen molar-refractivity contribution in [2.45, 2.75) is 64.9 Å². The molecule has 0 spiro atoms. The molecule has 1 aromatic rings. The van der Waals surface area contributed by atoms with Crippen molar-refractivity contribution in [3.8, 4) is 5.75 Å². The lowest BCUT2D eigenvalue weighted by Crippen LogP contribution is -1.88. The van der Waals surface area contributed by atoms with Crippen LogP contribution >= 0.6 is 0 Å². The van der Waals surface area contributed by atoms with Gasteiger partial charge in [-0.3, -0.25) is 0 Å². The molecule has 2 N–H and O–H groups in total. The van der Waals surface area contributed by atoms with Crippen LogP contribution in [-0.4, -0.2) is 10.2 Å². The Balaban J connectivity index is 2.20. The predicted octanol–water partition coefficient (Wildman–Crippen LogP) is 6.15. The molecule has 0 aliphatic carbocycles. The monoisotopic (exact) mass is 328 g/mol. The zero-order chi connectivity index (χ0) is 17.5. The number of unbranched alkanes of at least 4 members (excludes halogenated alkanes) is 7. The van der Waals surface area contributed by atoms with Crippen LogP contribution in [0, 0.1) is 0 Å². The van der Waals surface area contributed by atoms with E-state index >= 15 is 0 Å². The normalized spacial score (nSPS) is 12.1. The molecule has 0 bridgehead atoms. The van der Waals surface area contributed by atoms with E-state index in [1.54, 1.807) is 12.1 Å². The van der Waals surface area contributed by atoms with Crippen LogP contribution < -0.4 is 0 Å². The van der Waals surface area contributed by atoms with Crippen molar-refractivity contribution in [3.63, 3.8) is 0 Å². The first kappa shape index (κ1) is 20.2. The van der Waals surface area contributed by atoms with E-state index < -0.39 is 0 Å². The summed E-state index contributed by atoms with van der Waals surface area (Å²) in [6, 6.07) is 5.25. The second-order valence-corrected chi connectivity index (χ2v) is 6.09. The number of benzene rings is 1. The maximum absolute atomic E-state index is 9.67. The Kier molecular flexibility index (Phi) is 11.5. The quantitative estimate of drug-likeness (QED) is 0.357. The molecule has 0 atom stereocenters. The average molecular weight is 328 g/mol. The van der Waals surface area contributed by atoms with Gasteiger partial charge in [0.1, 0.15) is 5.75 Å². The van der Waals surface area contributed by atoms with E-state index in [0.29, 0.717) is 5.56 Å². The Morgan fingerprint density at radius 3 is 2.33 bits per heavy atom. The molecule has 0 unspecified atom stereocenters. The first-order valence-electron chi connectivity index (χ1n) is 9.21. The van der Waals surface area contributed by atoms with Gasteiger partial charge in [0.15, 0.2) is 0 Å². The van der Waals surface area contributed by atoms with E-state index in [1.165, 1.54) is 44.9 Å². The highest BCUT2D eigenvalue weighted by Crippen LogP contribution is 2.21. The van der Waals surface area contributed by atoms with Crippen LogP contribution in [0.4, 0.5) is 0 Å². The third-order valence-corrected chi connectivity index (χ3v) is 4.07. The predicted molar refractivity (Wildman–Crippen MR) is 104 cm³/mol. The molecule has 2 heteroatoms. The van der Waals surface area contributed by atoms with Crippen LogP contribution in [0.15, 0.2) is 48.6 Å². The van der Waals surface area contributed by atoms with Gasteiger partial charge in [0.05, 0.1) is 6.61 Å². The van der Waals surface area contributed by atoms with Gasteiger partial charge in [-0.15, -0.1) is 0 Å².